The largest absolute Gasteiger partial charge is 0.454 e. The molecule has 0 unspecified atom stereocenters. The molecular formula is C33H22N3O+. The fraction of sp³-hybridized carbons (Fsp3) is 0.0606. The smallest absolute Gasteiger partial charge is 0.216 e. The molecule has 0 saturated heterocycles. The standard InChI is InChI=1S/C33H22N3O/c1-21-11-14-27-28-16-13-24(19-34)31(33(28)37-32(27)30(21)29-10-6-7-17-36(29)2)23-12-15-26(25(18-23)20-35)22-8-4-3-5-9-22/h3-18H,1-2H3/q+1. The summed E-state index contributed by atoms with van der Waals surface area (Å²) in [6.07, 6.45) is 2.02. The Morgan fingerprint density at radius 2 is 1.38 bits per heavy atom. The van der Waals surface area contributed by atoms with Crippen molar-refractivity contribution in [2.24, 2.45) is 7.05 Å². The number of furan rings is 1. The number of aromatic nitrogens is 1. The minimum absolute atomic E-state index is 0.506. The third kappa shape index (κ3) is 3.56. The van der Waals surface area contributed by atoms with Crippen LogP contribution in [0, 0.1) is 29.6 Å². The van der Waals surface area contributed by atoms with Crippen molar-refractivity contribution in [1.29, 1.82) is 10.5 Å². The lowest BCUT2D eigenvalue weighted by Gasteiger charge is -2.09. The molecule has 0 aliphatic carbocycles. The van der Waals surface area contributed by atoms with E-state index in [1.54, 1.807) is 0 Å². The summed E-state index contributed by atoms with van der Waals surface area (Å²) in [6.45, 7) is 2.08. The second-order valence-electron chi connectivity index (χ2n) is 9.15. The highest BCUT2D eigenvalue weighted by Gasteiger charge is 2.23. The Morgan fingerprint density at radius 1 is 0.676 bits per heavy atom. The Morgan fingerprint density at radius 3 is 2.11 bits per heavy atom. The molecule has 0 amide bonds. The molecule has 6 rings (SSSR count). The van der Waals surface area contributed by atoms with Crippen LogP contribution in [0.2, 0.25) is 0 Å². The van der Waals surface area contributed by atoms with Crippen LogP contribution >= 0.6 is 0 Å². The normalized spacial score (nSPS) is 10.9. The van der Waals surface area contributed by atoms with Gasteiger partial charge in [-0.05, 0) is 53.4 Å². The summed E-state index contributed by atoms with van der Waals surface area (Å²) < 4.78 is 8.72. The maximum atomic E-state index is 10.0. The van der Waals surface area contributed by atoms with Crippen molar-refractivity contribution in [2.45, 2.75) is 6.92 Å². The molecular weight excluding hydrogens is 454 g/mol. The number of hydrogen-bond donors (Lipinski definition) is 0. The van der Waals surface area contributed by atoms with Gasteiger partial charge in [-0.15, -0.1) is 0 Å². The van der Waals surface area contributed by atoms with Crippen molar-refractivity contribution < 1.29 is 8.98 Å². The van der Waals surface area contributed by atoms with Gasteiger partial charge in [0.05, 0.1) is 28.8 Å². The number of aryl methyl sites for hydroxylation is 2. The van der Waals surface area contributed by atoms with E-state index in [1.165, 1.54) is 0 Å². The predicted molar refractivity (Wildman–Crippen MR) is 145 cm³/mol. The molecule has 0 aliphatic rings. The van der Waals surface area contributed by atoms with Gasteiger partial charge in [-0.3, -0.25) is 0 Å². The summed E-state index contributed by atoms with van der Waals surface area (Å²) in [5.74, 6) is 0. The van der Waals surface area contributed by atoms with Crippen LogP contribution in [0.3, 0.4) is 0 Å². The number of pyridine rings is 1. The number of fused-ring (bicyclic) bond motifs is 3. The average molecular weight is 477 g/mol. The van der Waals surface area contributed by atoms with Crippen LogP contribution in [0.5, 0.6) is 0 Å². The second kappa shape index (κ2) is 8.79. The van der Waals surface area contributed by atoms with Crippen molar-refractivity contribution in [2.75, 3.05) is 0 Å². The molecule has 0 spiro atoms. The minimum Gasteiger partial charge on any atom is -0.454 e. The van der Waals surface area contributed by atoms with Gasteiger partial charge in [0, 0.05) is 28.5 Å². The van der Waals surface area contributed by atoms with Crippen molar-refractivity contribution in [1.82, 2.24) is 0 Å². The summed E-state index contributed by atoms with van der Waals surface area (Å²) >= 11 is 0. The van der Waals surface area contributed by atoms with Crippen LogP contribution in [0.4, 0.5) is 0 Å². The molecule has 2 aromatic heterocycles. The van der Waals surface area contributed by atoms with Gasteiger partial charge in [0.2, 0.25) is 5.69 Å². The third-order valence-corrected chi connectivity index (χ3v) is 6.96. The molecule has 6 aromatic rings. The zero-order chi connectivity index (χ0) is 25.5. The van der Waals surface area contributed by atoms with E-state index in [-0.39, 0.29) is 0 Å². The number of benzene rings is 4. The molecule has 2 heterocycles. The maximum Gasteiger partial charge on any atom is 0.216 e. The number of nitrogens with zero attached hydrogens (tertiary/aromatic N) is 3. The van der Waals surface area contributed by atoms with Crippen LogP contribution < -0.4 is 4.57 Å². The van der Waals surface area contributed by atoms with Gasteiger partial charge in [-0.1, -0.05) is 54.6 Å². The number of rotatable bonds is 3. The summed E-state index contributed by atoms with van der Waals surface area (Å²) in [4.78, 5) is 0. The van der Waals surface area contributed by atoms with Gasteiger partial charge in [-0.2, -0.15) is 10.5 Å². The Labute approximate surface area is 214 Å². The third-order valence-electron chi connectivity index (χ3n) is 6.96. The highest BCUT2D eigenvalue weighted by Crippen LogP contribution is 2.42. The SMILES string of the molecule is Cc1ccc2c(oc3c(-c4ccc(-c5ccccc5)c(C#N)c4)c(C#N)ccc32)c1-c1cccc[n+]1C. The van der Waals surface area contributed by atoms with Crippen molar-refractivity contribution >= 4 is 21.9 Å². The lowest BCUT2D eigenvalue weighted by molar-refractivity contribution is -0.660. The van der Waals surface area contributed by atoms with Crippen LogP contribution in [-0.4, -0.2) is 0 Å². The van der Waals surface area contributed by atoms with Crippen LogP contribution in [0.25, 0.3) is 55.4 Å². The fourth-order valence-electron chi connectivity index (χ4n) is 5.14. The lowest BCUT2D eigenvalue weighted by atomic mass is 9.92. The van der Waals surface area contributed by atoms with Gasteiger partial charge >= 0.3 is 0 Å². The molecule has 0 bridgehead atoms. The van der Waals surface area contributed by atoms with E-state index < -0.39 is 0 Å². The number of nitriles is 2. The molecule has 0 saturated carbocycles. The summed E-state index contributed by atoms with van der Waals surface area (Å²) in [5, 5.41) is 21.9. The Hall–Kier alpha value is -5.19. The fourth-order valence-corrected chi connectivity index (χ4v) is 5.14. The first-order valence-corrected chi connectivity index (χ1v) is 12.0. The van der Waals surface area contributed by atoms with E-state index in [9.17, 15) is 10.5 Å². The highest BCUT2D eigenvalue weighted by atomic mass is 16.3. The zero-order valence-electron chi connectivity index (χ0n) is 20.5. The van der Waals surface area contributed by atoms with Gasteiger partial charge < -0.3 is 4.42 Å². The van der Waals surface area contributed by atoms with E-state index in [1.807, 2.05) is 86.0 Å². The lowest BCUT2D eigenvalue weighted by Crippen LogP contribution is -2.30. The second-order valence-corrected chi connectivity index (χ2v) is 9.15. The Balaban J connectivity index is 1.65. The Kier molecular flexibility index (Phi) is 5.29. The van der Waals surface area contributed by atoms with E-state index in [0.29, 0.717) is 22.3 Å². The van der Waals surface area contributed by atoms with E-state index in [2.05, 4.69) is 41.8 Å². The number of hydrogen-bond acceptors (Lipinski definition) is 3. The first kappa shape index (κ1) is 22.3. The van der Waals surface area contributed by atoms with Crippen molar-refractivity contribution in [3.63, 3.8) is 0 Å². The first-order chi connectivity index (χ1) is 18.1. The van der Waals surface area contributed by atoms with Crippen LogP contribution in [-0.2, 0) is 7.05 Å². The maximum absolute atomic E-state index is 10.0. The molecule has 174 valence electrons. The molecule has 4 heteroatoms. The summed E-state index contributed by atoms with van der Waals surface area (Å²) in [5.41, 5.74) is 8.98. The van der Waals surface area contributed by atoms with E-state index in [4.69, 9.17) is 4.42 Å². The monoisotopic (exact) mass is 476 g/mol. The molecule has 0 atom stereocenters. The molecule has 0 aliphatic heterocycles. The predicted octanol–water partition coefficient (Wildman–Crippen LogP) is 7.46. The van der Waals surface area contributed by atoms with Crippen LogP contribution in [0.1, 0.15) is 16.7 Å². The molecule has 0 radical (unpaired) electrons. The molecule has 0 N–H and O–H groups in total. The molecule has 37 heavy (non-hydrogen) atoms. The van der Waals surface area contributed by atoms with Crippen molar-refractivity contribution in [3.8, 4) is 45.6 Å². The average Bonchev–Trinajstić information content (AvgIpc) is 3.31. The van der Waals surface area contributed by atoms with Gasteiger partial charge in [0.25, 0.3) is 0 Å². The first-order valence-electron chi connectivity index (χ1n) is 12.0. The molecule has 4 aromatic carbocycles. The van der Waals surface area contributed by atoms with E-state index >= 15 is 0 Å². The van der Waals surface area contributed by atoms with Gasteiger partial charge in [0.15, 0.2) is 6.20 Å². The van der Waals surface area contributed by atoms with Crippen LogP contribution in [0.15, 0.2) is 102 Å². The van der Waals surface area contributed by atoms with Gasteiger partial charge in [0.1, 0.15) is 18.2 Å². The Bertz CT molecular complexity index is 1920. The van der Waals surface area contributed by atoms with E-state index in [0.717, 1.165) is 49.9 Å². The molecule has 0 fully saturated rings. The summed E-state index contributed by atoms with van der Waals surface area (Å²) in [6, 6.07) is 34.4. The highest BCUT2D eigenvalue weighted by molar-refractivity contribution is 6.14. The van der Waals surface area contributed by atoms with Crippen molar-refractivity contribution in [3.05, 3.63) is 114 Å². The summed E-state index contributed by atoms with van der Waals surface area (Å²) in [7, 11) is 2.02. The minimum atomic E-state index is 0.506. The van der Waals surface area contributed by atoms with Gasteiger partial charge in [-0.25, -0.2) is 4.57 Å². The molecule has 4 nitrogen and oxygen atoms in total. The topological polar surface area (TPSA) is 64.6 Å². The zero-order valence-corrected chi connectivity index (χ0v) is 20.5. The quantitative estimate of drug-likeness (QED) is 0.249.